The van der Waals surface area contributed by atoms with E-state index in [0.717, 1.165) is 56.4 Å². The molecule has 0 fully saturated rings. The van der Waals surface area contributed by atoms with Crippen molar-refractivity contribution in [2.75, 3.05) is 19.1 Å². The van der Waals surface area contributed by atoms with Crippen molar-refractivity contribution in [3.05, 3.63) is 109 Å². The first-order chi connectivity index (χ1) is 17.7. The Balaban J connectivity index is 1.50. The zero-order valence-electron chi connectivity index (χ0n) is 20.0. The quantitative estimate of drug-likeness (QED) is 0.224. The van der Waals surface area contributed by atoms with Crippen LogP contribution in [0.1, 0.15) is 5.56 Å². The van der Waals surface area contributed by atoms with Gasteiger partial charge in [0.1, 0.15) is 22.8 Å². The molecule has 0 radical (unpaired) electrons. The monoisotopic (exact) mass is 472 g/mol. The molecular weight excluding hydrogens is 448 g/mol. The molecule has 0 saturated heterocycles. The van der Waals surface area contributed by atoms with Crippen molar-refractivity contribution in [2.24, 2.45) is 0 Å². The Morgan fingerprint density at radius 2 is 1.28 bits per heavy atom. The van der Waals surface area contributed by atoms with Gasteiger partial charge in [0.05, 0.1) is 20.3 Å². The molecule has 5 aromatic rings. The van der Waals surface area contributed by atoms with E-state index in [4.69, 9.17) is 19.2 Å². The molecule has 5 nitrogen and oxygen atoms in total. The number of hydrogen-bond acceptors (Lipinski definition) is 5. The number of allylic oxidation sites excluding steroid dienone is 1. The van der Waals surface area contributed by atoms with Crippen LogP contribution in [0.2, 0.25) is 0 Å². The zero-order chi connectivity index (χ0) is 24.9. The molecule has 0 aliphatic heterocycles. The van der Waals surface area contributed by atoms with E-state index in [-0.39, 0.29) is 0 Å². The maximum atomic E-state index is 8.77. The number of hydrogen-bond donors (Lipinski definition) is 0. The second kappa shape index (κ2) is 10.1. The van der Waals surface area contributed by atoms with Gasteiger partial charge in [-0.15, -0.1) is 0 Å². The van der Waals surface area contributed by atoms with Crippen LogP contribution in [-0.2, 0) is 0 Å². The number of methoxy groups -OCH3 is 2. The predicted molar refractivity (Wildman–Crippen MR) is 144 cm³/mol. The fourth-order valence-electron chi connectivity index (χ4n) is 4.11. The third kappa shape index (κ3) is 4.66. The summed E-state index contributed by atoms with van der Waals surface area (Å²) >= 11 is 0. The molecule has 0 saturated carbocycles. The van der Waals surface area contributed by atoms with Crippen molar-refractivity contribution in [2.45, 2.75) is 0 Å². The fourth-order valence-corrected chi connectivity index (χ4v) is 4.11. The highest BCUT2D eigenvalue weighted by atomic mass is 16.5. The van der Waals surface area contributed by atoms with Gasteiger partial charge in [0.2, 0.25) is 0 Å². The zero-order valence-corrected chi connectivity index (χ0v) is 20.0. The van der Waals surface area contributed by atoms with Gasteiger partial charge in [-0.1, -0.05) is 12.1 Å². The van der Waals surface area contributed by atoms with E-state index >= 15 is 0 Å². The largest absolute Gasteiger partial charge is 0.497 e. The number of nitrogens with zero attached hydrogens (tertiary/aromatic N) is 2. The molecule has 0 atom stereocenters. The van der Waals surface area contributed by atoms with E-state index < -0.39 is 0 Å². The van der Waals surface area contributed by atoms with Crippen molar-refractivity contribution in [3.8, 4) is 28.9 Å². The van der Waals surface area contributed by atoms with Gasteiger partial charge in [0, 0.05) is 34.1 Å². The summed E-state index contributed by atoms with van der Waals surface area (Å²) in [5, 5.41) is 9.79. The van der Waals surface area contributed by atoms with Crippen LogP contribution in [0.5, 0.6) is 11.5 Å². The molecule has 1 heterocycles. The van der Waals surface area contributed by atoms with Crippen LogP contribution >= 0.6 is 0 Å². The van der Waals surface area contributed by atoms with E-state index in [1.54, 1.807) is 20.3 Å². The molecule has 1 aromatic heterocycles. The summed E-state index contributed by atoms with van der Waals surface area (Å²) in [4.78, 5) is 2.18. The second-order valence-corrected chi connectivity index (χ2v) is 8.15. The van der Waals surface area contributed by atoms with Crippen LogP contribution in [0.15, 0.2) is 108 Å². The standard InChI is InChI=1S/C31H24N2O3/c1-34-28-15-11-26(12-16-28)33(27-13-17-29(35-2)18-14-27)25-9-7-23(8-10-25)31-21-24-6-5-22(4-3-19-32)20-30(24)36-31/h3-18,20-21H,1-2H3/b4-3+. The van der Waals surface area contributed by atoms with Crippen molar-refractivity contribution >= 4 is 34.1 Å². The number of anilines is 3. The molecule has 4 aromatic carbocycles. The van der Waals surface area contributed by atoms with Crippen molar-refractivity contribution in [1.29, 1.82) is 5.26 Å². The summed E-state index contributed by atoms with van der Waals surface area (Å²) in [5.41, 5.74) is 5.72. The Morgan fingerprint density at radius 3 is 1.81 bits per heavy atom. The van der Waals surface area contributed by atoms with Gasteiger partial charge in [-0.2, -0.15) is 5.26 Å². The molecule has 0 unspecified atom stereocenters. The van der Waals surface area contributed by atoms with Crippen molar-refractivity contribution in [1.82, 2.24) is 0 Å². The van der Waals surface area contributed by atoms with Crippen LogP contribution in [-0.4, -0.2) is 14.2 Å². The van der Waals surface area contributed by atoms with Gasteiger partial charge in [0.25, 0.3) is 0 Å². The van der Waals surface area contributed by atoms with E-state index in [9.17, 15) is 0 Å². The number of nitriles is 1. The molecule has 5 rings (SSSR count). The third-order valence-electron chi connectivity index (χ3n) is 5.97. The van der Waals surface area contributed by atoms with E-state index in [1.807, 2.05) is 78.9 Å². The van der Waals surface area contributed by atoms with E-state index in [2.05, 4.69) is 29.2 Å². The maximum absolute atomic E-state index is 8.77. The SMILES string of the molecule is COc1ccc(N(c2ccc(OC)cc2)c2ccc(-c3cc4ccc(/C=C/C#N)cc4o3)cc2)cc1. The summed E-state index contributed by atoms with van der Waals surface area (Å²) in [6, 6.07) is 34.2. The average Bonchev–Trinajstić information content (AvgIpc) is 3.37. The third-order valence-corrected chi connectivity index (χ3v) is 5.97. The van der Waals surface area contributed by atoms with E-state index in [0.29, 0.717) is 0 Å². The van der Waals surface area contributed by atoms with Crippen LogP contribution in [0.3, 0.4) is 0 Å². The summed E-state index contributed by atoms with van der Waals surface area (Å²) in [7, 11) is 3.33. The minimum absolute atomic E-state index is 0.784. The molecular formula is C31H24N2O3. The number of furan rings is 1. The predicted octanol–water partition coefficient (Wildman–Crippen LogP) is 8.12. The van der Waals surface area contributed by atoms with Gasteiger partial charge in [-0.25, -0.2) is 0 Å². The summed E-state index contributed by atoms with van der Waals surface area (Å²) in [6.07, 6.45) is 3.23. The van der Waals surface area contributed by atoms with E-state index in [1.165, 1.54) is 6.08 Å². The summed E-state index contributed by atoms with van der Waals surface area (Å²) < 4.78 is 16.8. The minimum atomic E-state index is 0.784. The van der Waals surface area contributed by atoms with Crippen LogP contribution in [0.4, 0.5) is 17.1 Å². The summed E-state index contributed by atoms with van der Waals surface area (Å²) in [6.45, 7) is 0. The highest BCUT2D eigenvalue weighted by Gasteiger charge is 2.14. The first kappa shape index (κ1) is 22.8. The molecule has 36 heavy (non-hydrogen) atoms. The molecule has 0 bridgehead atoms. The topological polar surface area (TPSA) is 58.6 Å². The molecule has 176 valence electrons. The Labute approximate surface area is 210 Å². The smallest absolute Gasteiger partial charge is 0.135 e. The Morgan fingerprint density at radius 1 is 0.722 bits per heavy atom. The maximum Gasteiger partial charge on any atom is 0.135 e. The number of ether oxygens (including phenoxy) is 2. The lowest BCUT2D eigenvalue weighted by atomic mass is 10.1. The molecule has 0 aliphatic rings. The van der Waals surface area contributed by atoms with Crippen LogP contribution < -0.4 is 14.4 Å². The van der Waals surface area contributed by atoms with Gasteiger partial charge in [0.15, 0.2) is 0 Å². The lowest BCUT2D eigenvalue weighted by Crippen LogP contribution is -2.09. The highest BCUT2D eigenvalue weighted by molar-refractivity contribution is 5.85. The number of rotatable bonds is 7. The molecule has 0 N–H and O–H groups in total. The van der Waals surface area contributed by atoms with Gasteiger partial charge in [-0.3, -0.25) is 0 Å². The van der Waals surface area contributed by atoms with Gasteiger partial charge >= 0.3 is 0 Å². The Hall–Kier alpha value is -4.95. The second-order valence-electron chi connectivity index (χ2n) is 8.15. The van der Waals surface area contributed by atoms with Crippen molar-refractivity contribution < 1.29 is 13.9 Å². The number of fused-ring (bicyclic) bond motifs is 1. The first-order valence-corrected chi connectivity index (χ1v) is 11.5. The molecule has 0 spiro atoms. The Bertz CT molecular complexity index is 1490. The van der Waals surface area contributed by atoms with Gasteiger partial charge in [-0.05, 0) is 96.6 Å². The first-order valence-electron chi connectivity index (χ1n) is 11.5. The summed E-state index contributed by atoms with van der Waals surface area (Å²) in [5.74, 6) is 2.40. The Kier molecular flexibility index (Phi) is 6.42. The van der Waals surface area contributed by atoms with Crippen LogP contribution in [0.25, 0.3) is 28.4 Å². The van der Waals surface area contributed by atoms with Crippen molar-refractivity contribution in [3.63, 3.8) is 0 Å². The van der Waals surface area contributed by atoms with Gasteiger partial charge < -0.3 is 18.8 Å². The molecule has 5 heteroatoms. The molecule has 0 amide bonds. The average molecular weight is 473 g/mol. The fraction of sp³-hybridized carbons (Fsp3) is 0.0645. The minimum Gasteiger partial charge on any atom is -0.497 e. The molecule has 0 aliphatic carbocycles. The van der Waals surface area contributed by atoms with Crippen LogP contribution in [0, 0.1) is 11.3 Å². The lowest BCUT2D eigenvalue weighted by molar-refractivity contribution is 0.415. The lowest BCUT2D eigenvalue weighted by Gasteiger charge is -2.26. The highest BCUT2D eigenvalue weighted by Crippen LogP contribution is 2.37. The normalized spacial score (nSPS) is 10.9. The number of benzene rings is 4.